The first-order valence-electron chi connectivity index (χ1n) is 8.01. The van der Waals surface area contributed by atoms with Gasteiger partial charge < -0.3 is 5.32 Å². The fourth-order valence-electron chi connectivity index (χ4n) is 2.57. The van der Waals surface area contributed by atoms with E-state index in [0.29, 0.717) is 4.68 Å². The summed E-state index contributed by atoms with van der Waals surface area (Å²) in [5.41, 5.74) is -0.641. The number of alkyl halides is 3. The lowest BCUT2D eigenvalue weighted by Crippen LogP contribution is -2.24. The number of aromatic nitrogens is 4. The van der Waals surface area contributed by atoms with Crippen molar-refractivity contribution in [2.24, 2.45) is 0 Å². The maximum Gasteiger partial charge on any atom is 0.433 e. The summed E-state index contributed by atoms with van der Waals surface area (Å²) in [6.07, 6.45) is -3.14. The van der Waals surface area contributed by atoms with Crippen molar-refractivity contribution in [1.29, 1.82) is 0 Å². The second-order valence-corrected chi connectivity index (χ2v) is 6.38. The van der Waals surface area contributed by atoms with Crippen molar-refractivity contribution >= 4 is 23.3 Å². The number of nitrogens with one attached hydrogen (secondary N) is 1. The Bertz CT molecular complexity index is 991. The largest absolute Gasteiger partial charge is 0.433 e. The van der Waals surface area contributed by atoms with Crippen molar-refractivity contribution in [1.82, 2.24) is 19.6 Å². The molecule has 0 unspecified atom stereocenters. The molecule has 0 fully saturated rings. The molecule has 0 spiro atoms. The maximum atomic E-state index is 13.8. The molecule has 1 aromatic carbocycles. The first-order valence-corrected chi connectivity index (χ1v) is 8.39. The Balaban J connectivity index is 1.68. The van der Waals surface area contributed by atoms with Crippen LogP contribution >= 0.6 is 11.6 Å². The molecular formula is C17H14ClF4N5O. The van der Waals surface area contributed by atoms with Crippen LogP contribution in [-0.4, -0.2) is 25.5 Å². The third kappa shape index (κ3) is 4.50. The third-order valence-corrected chi connectivity index (χ3v) is 4.13. The molecule has 1 N–H and O–H groups in total. The third-order valence-electron chi connectivity index (χ3n) is 3.78. The highest BCUT2D eigenvalue weighted by Crippen LogP contribution is 2.29. The second-order valence-electron chi connectivity index (χ2n) is 5.97. The highest BCUT2D eigenvalue weighted by molar-refractivity contribution is 6.31. The Morgan fingerprint density at radius 1 is 1.25 bits per heavy atom. The average Bonchev–Trinajstić information content (AvgIpc) is 3.17. The molecule has 1 amide bonds. The van der Waals surface area contributed by atoms with Crippen LogP contribution in [-0.2, 0) is 24.1 Å². The molecule has 0 bridgehead atoms. The molecule has 3 rings (SSSR count). The van der Waals surface area contributed by atoms with E-state index in [1.807, 2.05) is 0 Å². The van der Waals surface area contributed by atoms with Gasteiger partial charge in [-0.15, -0.1) is 0 Å². The van der Waals surface area contributed by atoms with Crippen LogP contribution in [0.1, 0.15) is 17.0 Å². The van der Waals surface area contributed by atoms with Gasteiger partial charge in [-0.25, -0.2) is 4.39 Å². The van der Waals surface area contributed by atoms with Gasteiger partial charge in [0.1, 0.15) is 18.1 Å². The van der Waals surface area contributed by atoms with E-state index < -0.39 is 30.1 Å². The fraction of sp³-hybridized carbons (Fsp3) is 0.235. The topological polar surface area (TPSA) is 64.7 Å². The maximum absolute atomic E-state index is 13.8. The van der Waals surface area contributed by atoms with E-state index >= 15 is 0 Å². The number of benzene rings is 1. The van der Waals surface area contributed by atoms with Crippen LogP contribution in [0.15, 0.2) is 36.5 Å². The summed E-state index contributed by atoms with van der Waals surface area (Å²) in [4.78, 5) is 12.1. The van der Waals surface area contributed by atoms with Crippen LogP contribution in [0.5, 0.6) is 0 Å². The Morgan fingerprint density at radius 3 is 2.68 bits per heavy atom. The molecule has 0 aliphatic carbocycles. The van der Waals surface area contributed by atoms with Crippen molar-refractivity contribution in [3.63, 3.8) is 0 Å². The number of carbonyl (C=O) groups excluding carboxylic acids is 1. The van der Waals surface area contributed by atoms with Gasteiger partial charge in [0.25, 0.3) is 0 Å². The van der Waals surface area contributed by atoms with Gasteiger partial charge >= 0.3 is 6.18 Å². The minimum absolute atomic E-state index is 0.0257. The Morgan fingerprint density at radius 2 is 2.00 bits per heavy atom. The molecule has 0 saturated carbocycles. The van der Waals surface area contributed by atoms with E-state index in [1.165, 1.54) is 42.1 Å². The lowest BCUT2D eigenvalue weighted by Gasteiger charge is -2.09. The molecule has 148 valence electrons. The summed E-state index contributed by atoms with van der Waals surface area (Å²) in [5.74, 6) is -1.13. The van der Waals surface area contributed by atoms with E-state index in [1.54, 1.807) is 0 Å². The van der Waals surface area contributed by atoms with Gasteiger partial charge in [-0.05, 0) is 25.1 Å². The fourth-order valence-corrected chi connectivity index (χ4v) is 2.80. The van der Waals surface area contributed by atoms with E-state index in [0.717, 1.165) is 6.07 Å². The van der Waals surface area contributed by atoms with Crippen LogP contribution in [0.2, 0.25) is 5.02 Å². The number of nitrogens with zero attached hydrogens (tertiary/aromatic N) is 4. The molecule has 0 saturated heterocycles. The van der Waals surface area contributed by atoms with Crippen molar-refractivity contribution < 1.29 is 22.4 Å². The number of rotatable bonds is 5. The molecule has 0 aliphatic rings. The number of halogens is 5. The normalized spacial score (nSPS) is 11.6. The summed E-state index contributed by atoms with van der Waals surface area (Å²) in [6, 6.07) is 6.57. The first kappa shape index (κ1) is 19.9. The van der Waals surface area contributed by atoms with E-state index in [2.05, 4.69) is 15.5 Å². The number of amides is 1. The lowest BCUT2D eigenvalue weighted by atomic mass is 10.2. The van der Waals surface area contributed by atoms with Crippen molar-refractivity contribution in [3.05, 3.63) is 64.3 Å². The summed E-state index contributed by atoms with van der Waals surface area (Å²) in [7, 11) is 0. The monoisotopic (exact) mass is 415 g/mol. The Kier molecular flexibility index (Phi) is 5.41. The highest BCUT2D eigenvalue weighted by atomic mass is 35.5. The predicted molar refractivity (Wildman–Crippen MR) is 93.3 cm³/mol. The van der Waals surface area contributed by atoms with Gasteiger partial charge in [-0.3, -0.25) is 14.2 Å². The van der Waals surface area contributed by atoms with Crippen LogP contribution < -0.4 is 5.32 Å². The van der Waals surface area contributed by atoms with Crippen LogP contribution in [0.3, 0.4) is 0 Å². The Labute approximate surface area is 161 Å². The number of hydrogen-bond acceptors (Lipinski definition) is 3. The quantitative estimate of drug-likeness (QED) is 0.643. The lowest BCUT2D eigenvalue weighted by molar-refractivity contribution is -0.144. The summed E-state index contributed by atoms with van der Waals surface area (Å²) in [6.45, 7) is 0.797. The number of carbonyl (C=O) groups is 1. The van der Waals surface area contributed by atoms with Crippen molar-refractivity contribution in [2.45, 2.75) is 26.2 Å². The molecule has 2 heterocycles. The molecule has 0 atom stereocenters. The minimum atomic E-state index is -4.62. The van der Waals surface area contributed by atoms with Crippen LogP contribution in [0, 0.1) is 12.7 Å². The number of hydrogen-bond donors (Lipinski definition) is 1. The molecule has 2 aromatic heterocycles. The number of aryl methyl sites for hydroxylation is 1. The average molecular weight is 416 g/mol. The SMILES string of the molecule is Cc1cc(C(F)(F)F)n(CC(=O)Nc2ccn(Cc3c(F)cccc3Cl)n2)n1. The molecule has 11 heteroatoms. The zero-order valence-corrected chi connectivity index (χ0v) is 15.2. The van der Waals surface area contributed by atoms with Gasteiger partial charge in [0.15, 0.2) is 5.82 Å². The zero-order chi connectivity index (χ0) is 20.5. The zero-order valence-electron chi connectivity index (χ0n) is 14.5. The van der Waals surface area contributed by atoms with Gasteiger partial charge in [0, 0.05) is 22.8 Å². The molecule has 0 aliphatic heterocycles. The Hall–Kier alpha value is -2.88. The van der Waals surface area contributed by atoms with E-state index in [9.17, 15) is 22.4 Å². The molecule has 28 heavy (non-hydrogen) atoms. The smallest absolute Gasteiger partial charge is 0.308 e. The van der Waals surface area contributed by atoms with Gasteiger partial charge in [-0.1, -0.05) is 17.7 Å². The first-order chi connectivity index (χ1) is 13.1. The van der Waals surface area contributed by atoms with E-state index in [4.69, 9.17) is 11.6 Å². The van der Waals surface area contributed by atoms with Crippen LogP contribution in [0.4, 0.5) is 23.4 Å². The summed E-state index contributed by atoms with van der Waals surface area (Å²) >= 11 is 5.96. The van der Waals surface area contributed by atoms with Gasteiger partial charge in [0.05, 0.1) is 12.2 Å². The van der Waals surface area contributed by atoms with Gasteiger partial charge in [-0.2, -0.15) is 23.4 Å². The van der Waals surface area contributed by atoms with Crippen molar-refractivity contribution in [2.75, 3.05) is 5.32 Å². The molecule has 6 nitrogen and oxygen atoms in total. The summed E-state index contributed by atoms with van der Waals surface area (Å²) in [5, 5.41) is 10.4. The van der Waals surface area contributed by atoms with Gasteiger partial charge in [0.2, 0.25) is 5.91 Å². The van der Waals surface area contributed by atoms with Crippen molar-refractivity contribution in [3.8, 4) is 0 Å². The molecule has 0 radical (unpaired) electrons. The highest BCUT2D eigenvalue weighted by Gasteiger charge is 2.35. The second kappa shape index (κ2) is 7.63. The minimum Gasteiger partial charge on any atom is -0.308 e. The molecule has 3 aromatic rings. The van der Waals surface area contributed by atoms with Crippen LogP contribution in [0.25, 0.3) is 0 Å². The standard InChI is InChI=1S/C17H14ClF4N5O/c1-10-7-14(17(20,21)22)27(24-10)9-16(28)23-15-5-6-26(25-15)8-11-12(18)3-2-4-13(11)19/h2-7H,8-9H2,1H3,(H,23,25,28). The predicted octanol–water partition coefficient (Wildman–Crippen LogP) is 3.89. The summed E-state index contributed by atoms with van der Waals surface area (Å²) < 4.78 is 54.7. The van der Waals surface area contributed by atoms with E-state index in [-0.39, 0.29) is 28.6 Å². The molecular weight excluding hydrogens is 402 g/mol. The number of anilines is 1.